The number of sulfonamides is 1. The average molecular weight is 270 g/mol. The average Bonchev–Trinajstić information content (AvgIpc) is 2.74. The Hall–Kier alpha value is -0.950. The molecule has 0 saturated carbocycles. The Balaban J connectivity index is 2.31. The minimum atomic E-state index is -3.54. The molecular formula is C12H18N2O3S. The first-order chi connectivity index (χ1) is 8.43. The van der Waals surface area contributed by atoms with E-state index in [1.54, 1.807) is 18.2 Å². The maximum atomic E-state index is 12.4. The molecule has 0 unspecified atom stereocenters. The van der Waals surface area contributed by atoms with Crippen molar-refractivity contribution in [3.05, 3.63) is 29.8 Å². The molecule has 1 saturated heterocycles. The molecule has 0 radical (unpaired) electrons. The van der Waals surface area contributed by atoms with E-state index in [2.05, 4.69) is 5.32 Å². The molecule has 1 aromatic carbocycles. The largest absolute Gasteiger partial charge is 0.390 e. The van der Waals surface area contributed by atoms with Crippen LogP contribution >= 0.6 is 0 Å². The van der Waals surface area contributed by atoms with Crippen LogP contribution < -0.4 is 5.32 Å². The van der Waals surface area contributed by atoms with E-state index >= 15 is 0 Å². The van der Waals surface area contributed by atoms with Gasteiger partial charge in [-0.2, -0.15) is 4.31 Å². The Bertz CT molecular complexity index is 530. The number of hydrogen-bond acceptors (Lipinski definition) is 4. The van der Waals surface area contributed by atoms with Crippen molar-refractivity contribution < 1.29 is 13.5 Å². The summed E-state index contributed by atoms with van der Waals surface area (Å²) in [7, 11) is -2.03. The summed E-state index contributed by atoms with van der Waals surface area (Å²) >= 11 is 0. The van der Waals surface area contributed by atoms with Gasteiger partial charge in [-0.3, -0.25) is 0 Å². The number of nitrogens with zero attached hydrogens (tertiary/aromatic N) is 1. The predicted octanol–water partition coefficient (Wildman–Crippen LogP) is -0.0518. The third kappa shape index (κ3) is 2.42. The summed E-state index contributed by atoms with van der Waals surface area (Å²) in [6.45, 7) is 2.76. The van der Waals surface area contributed by atoms with Crippen molar-refractivity contribution in [3.8, 4) is 0 Å². The Labute approximate surface area is 107 Å². The van der Waals surface area contributed by atoms with Crippen molar-refractivity contribution >= 4 is 10.0 Å². The van der Waals surface area contributed by atoms with E-state index in [-0.39, 0.29) is 4.90 Å². The van der Waals surface area contributed by atoms with Crippen LogP contribution in [0.2, 0.25) is 0 Å². The van der Waals surface area contributed by atoms with E-state index in [1.807, 2.05) is 13.0 Å². The smallest absolute Gasteiger partial charge is 0.243 e. The topological polar surface area (TPSA) is 69.6 Å². The summed E-state index contributed by atoms with van der Waals surface area (Å²) in [6.07, 6.45) is -0.658. The third-order valence-electron chi connectivity index (χ3n) is 3.28. The molecule has 2 atom stereocenters. The van der Waals surface area contributed by atoms with Gasteiger partial charge < -0.3 is 10.4 Å². The molecular weight excluding hydrogens is 252 g/mol. The zero-order valence-corrected chi connectivity index (χ0v) is 11.3. The van der Waals surface area contributed by atoms with Crippen molar-refractivity contribution in [2.24, 2.45) is 0 Å². The van der Waals surface area contributed by atoms with Gasteiger partial charge in [-0.15, -0.1) is 0 Å². The number of aryl methyl sites for hydroxylation is 1. The lowest BCUT2D eigenvalue weighted by molar-refractivity contribution is 0.136. The summed E-state index contributed by atoms with van der Waals surface area (Å²) in [4.78, 5) is 0.268. The summed E-state index contributed by atoms with van der Waals surface area (Å²) < 4.78 is 26.1. The summed E-state index contributed by atoms with van der Waals surface area (Å²) in [5.41, 5.74) is 0.898. The Morgan fingerprint density at radius 3 is 2.67 bits per heavy atom. The zero-order chi connectivity index (χ0) is 13.3. The standard InChI is InChI=1S/C12H18N2O3S/c1-9-4-3-5-10(6-9)18(16,17)14(2)11-7-13-8-12(11)15/h3-6,11-13,15H,7-8H2,1-2H3/t11-,12-/m0/s1. The Kier molecular flexibility index (Phi) is 3.72. The van der Waals surface area contributed by atoms with Crippen molar-refractivity contribution in [3.63, 3.8) is 0 Å². The van der Waals surface area contributed by atoms with E-state index in [0.29, 0.717) is 13.1 Å². The van der Waals surface area contributed by atoms with Crippen LogP contribution in [-0.2, 0) is 10.0 Å². The lowest BCUT2D eigenvalue weighted by Crippen LogP contribution is -2.44. The molecule has 0 amide bonds. The quantitative estimate of drug-likeness (QED) is 0.808. The van der Waals surface area contributed by atoms with Gasteiger partial charge in [0.15, 0.2) is 0 Å². The van der Waals surface area contributed by atoms with Crippen LogP contribution in [0.5, 0.6) is 0 Å². The molecule has 2 rings (SSSR count). The number of hydrogen-bond donors (Lipinski definition) is 2. The molecule has 2 N–H and O–H groups in total. The normalized spacial score (nSPS) is 24.7. The van der Waals surface area contributed by atoms with Gasteiger partial charge in [0.25, 0.3) is 0 Å². The highest BCUT2D eigenvalue weighted by molar-refractivity contribution is 7.89. The maximum absolute atomic E-state index is 12.4. The fourth-order valence-corrected chi connectivity index (χ4v) is 3.63. The Morgan fingerprint density at radius 1 is 1.39 bits per heavy atom. The van der Waals surface area contributed by atoms with Crippen molar-refractivity contribution in [2.75, 3.05) is 20.1 Å². The van der Waals surface area contributed by atoms with Gasteiger partial charge in [0.05, 0.1) is 17.0 Å². The molecule has 1 aliphatic rings. The van der Waals surface area contributed by atoms with E-state index in [9.17, 15) is 13.5 Å². The van der Waals surface area contributed by atoms with Crippen molar-refractivity contribution in [2.45, 2.75) is 24.0 Å². The van der Waals surface area contributed by atoms with Gasteiger partial charge in [0.2, 0.25) is 10.0 Å². The molecule has 100 valence electrons. The highest BCUT2D eigenvalue weighted by Crippen LogP contribution is 2.20. The molecule has 0 bridgehead atoms. The first-order valence-corrected chi connectivity index (χ1v) is 7.30. The first-order valence-electron chi connectivity index (χ1n) is 5.86. The van der Waals surface area contributed by atoms with E-state index in [0.717, 1.165) is 5.56 Å². The minimum Gasteiger partial charge on any atom is -0.390 e. The van der Waals surface area contributed by atoms with Crippen LogP contribution in [0, 0.1) is 6.92 Å². The van der Waals surface area contributed by atoms with Crippen molar-refractivity contribution in [1.29, 1.82) is 0 Å². The number of rotatable bonds is 3. The lowest BCUT2D eigenvalue weighted by Gasteiger charge is -2.25. The number of aliphatic hydroxyl groups is 1. The molecule has 0 aromatic heterocycles. The van der Waals surface area contributed by atoms with Crippen LogP contribution in [0.4, 0.5) is 0 Å². The zero-order valence-electron chi connectivity index (χ0n) is 10.5. The molecule has 5 nitrogen and oxygen atoms in total. The van der Waals surface area contributed by atoms with Gasteiger partial charge in [-0.1, -0.05) is 12.1 Å². The van der Waals surface area contributed by atoms with Gasteiger partial charge in [0.1, 0.15) is 0 Å². The summed E-state index contributed by atoms with van der Waals surface area (Å²) in [5, 5.41) is 12.7. The minimum absolute atomic E-state index is 0.268. The first kappa shape index (κ1) is 13.5. The number of aliphatic hydroxyl groups excluding tert-OH is 1. The van der Waals surface area contributed by atoms with Gasteiger partial charge in [0, 0.05) is 20.1 Å². The van der Waals surface area contributed by atoms with E-state index in [4.69, 9.17) is 0 Å². The fourth-order valence-electron chi connectivity index (χ4n) is 2.14. The van der Waals surface area contributed by atoms with Gasteiger partial charge in [-0.25, -0.2) is 8.42 Å². The van der Waals surface area contributed by atoms with E-state index < -0.39 is 22.2 Å². The maximum Gasteiger partial charge on any atom is 0.243 e. The van der Waals surface area contributed by atoms with Crippen LogP contribution in [0.15, 0.2) is 29.2 Å². The van der Waals surface area contributed by atoms with Crippen LogP contribution in [0.3, 0.4) is 0 Å². The third-order valence-corrected chi connectivity index (χ3v) is 5.16. The molecule has 18 heavy (non-hydrogen) atoms. The second-order valence-electron chi connectivity index (χ2n) is 4.63. The molecule has 1 heterocycles. The second kappa shape index (κ2) is 4.97. The molecule has 1 aliphatic heterocycles. The predicted molar refractivity (Wildman–Crippen MR) is 68.8 cm³/mol. The Morgan fingerprint density at radius 2 is 2.11 bits per heavy atom. The number of benzene rings is 1. The van der Waals surface area contributed by atoms with Crippen LogP contribution in [0.1, 0.15) is 5.56 Å². The number of nitrogens with one attached hydrogen (secondary N) is 1. The second-order valence-corrected chi connectivity index (χ2v) is 6.63. The number of β-amino-alcohol motifs (C(OH)–C–C–N with tert-alkyl or cyclic N) is 1. The molecule has 1 fully saturated rings. The van der Waals surface area contributed by atoms with Crippen molar-refractivity contribution in [1.82, 2.24) is 9.62 Å². The van der Waals surface area contributed by atoms with E-state index in [1.165, 1.54) is 11.4 Å². The van der Waals surface area contributed by atoms with Gasteiger partial charge >= 0.3 is 0 Å². The molecule has 1 aromatic rings. The summed E-state index contributed by atoms with van der Waals surface area (Å²) in [6, 6.07) is 6.38. The molecule has 6 heteroatoms. The highest BCUT2D eigenvalue weighted by atomic mass is 32.2. The van der Waals surface area contributed by atoms with Crippen LogP contribution in [0.25, 0.3) is 0 Å². The fraction of sp³-hybridized carbons (Fsp3) is 0.500. The molecule has 0 aliphatic carbocycles. The molecule has 0 spiro atoms. The lowest BCUT2D eigenvalue weighted by atomic mass is 10.2. The number of likely N-dealkylation sites (N-methyl/N-ethyl adjacent to an activating group) is 1. The SMILES string of the molecule is Cc1cccc(S(=O)(=O)N(C)[C@H]2CNC[C@@H]2O)c1. The monoisotopic (exact) mass is 270 g/mol. The summed E-state index contributed by atoms with van der Waals surface area (Å²) in [5.74, 6) is 0. The van der Waals surface area contributed by atoms with Crippen LogP contribution in [-0.4, -0.2) is 50.1 Å². The highest BCUT2D eigenvalue weighted by Gasteiger charge is 2.35. The van der Waals surface area contributed by atoms with Gasteiger partial charge in [-0.05, 0) is 24.6 Å².